The molecule has 5 aromatic rings. The Morgan fingerprint density at radius 2 is 1.57 bits per heavy atom. The first-order valence-electron chi connectivity index (χ1n) is 13.3. The number of nitrogens with zero attached hydrogens (tertiary/aromatic N) is 2. The van der Waals surface area contributed by atoms with Crippen molar-refractivity contribution < 1.29 is 9.90 Å². The molecule has 0 saturated carbocycles. The third-order valence-corrected chi connectivity index (χ3v) is 7.05. The molecule has 0 saturated heterocycles. The van der Waals surface area contributed by atoms with Crippen LogP contribution in [0.3, 0.4) is 0 Å². The number of carboxylic acids is 1. The minimum atomic E-state index is -1.10. The molecule has 1 atom stereocenters. The van der Waals surface area contributed by atoms with Crippen molar-refractivity contribution in [2.24, 2.45) is 0 Å². The first-order chi connectivity index (χ1) is 19.4. The van der Waals surface area contributed by atoms with E-state index >= 15 is 0 Å². The highest BCUT2D eigenvalue weighted by atomic mass is 16.4. The van der Waals surface area contributed by atoms with Crippen LogP contribution in [0, 0.1) is 0 Å². The van der Waals surface area contributed by atoms with Gasteiger partial charge >= 0.3 is 5.97 Å². The van der Waals surface area contributed by atoms with Crippen molar-refractivity contribution in [2.75, 3.05) is 28.6 Å². The molecular weight excluding hydrogens is 504 g/mol. The number of fused-ring (bicyclic) bond motifs is 1. The summed E-state index contributed by atoms with van der Waals surface area (Å²) in [5.41, 5.74) is 2.53. The van der Waals surface area contributed by atoms with Crippen molar-refractivity contribution in [3.8, 4) is 11.3 Å². The highest BCUT2D eigenvalue weighted by molar-refractivity contribution is 5.96. The molecule has 8 nitrogen and oxygen atoms in total. The fraction of sp³-hybridized carbons (Fsp3) is 0.188. The Kier molecular flexibility index (Phi) is 7.59. The third-order valence-electron chi connectivity index (χ3n) is 7.05. The van der Waals surface area contributed by atoms with Gasteiger partial charge in [-0.25, -0.2) is 9.78 Å². The summed E-state index contributed by atoms with van der Waals surface area (Å²) < 4.78 is 0. The number of rotatable bonds is 11. The Labute approximate surface area is 231 Å². The Morgan fingerprint density at radius 3 is 2.25 bits per heavy atom. The monoisotopic (exact) mass is 534 g/mol. The van der Waals surface area contributed by atoms with Crippen LogP contribution >= 0.6 is 0 Å². The van der Waals surface area contributed by atoms with Crippen LogP contribution in [0.2, 0.25) is 0 Å². The molecule has 0 aliphatic heterocycles. The van der Waals surface area contributed by atoms with Crippen LogP contribution in [-0.2, 0) is 11.2 Å². The second-order valence-corrected chi connectivity index (χ2v) is 9.56. The summed E-state index contributed by atoms with van der Waals surface area (Å²) in [7, 11) is 0. The molecule has 1 heterocycles. The van der Waals surface area contributed by atoms with Crippen LogP contribution in [0.15, 0.2) is 94.5 Å². The normalized spacial score (nSPS) is 11.8. The fourth-order valence-corrected chi connectivity index (χ4v) is 4.88. The number of aromatic nitrogens is 1. The van der Waals surface area contributed by atoms with Crippen LogP contribution < -0.4 is 26.4 Å². The number of carbonyl (C=O) groups is 1. The summed E-state index contributed by atoms with van der Waals surface area (Å²) >= 11 is 0. The molecule has 1 aromatic heterocycles. The molecule has 5 rings (SSSR count). The van der Waals surface area contributed by atoms with Crippen molar-refractivity contribution in [3.63, 3.8) is 0 Å². The van der Waals surface area contributed by atoms with E-state index in [1.807, 2.05) is 86.6 Å². The van der Waals surface area contributed by atoms with Gasteiger partial charge in [-0.05, 0) is 43.0 Å². The fourth-order valence-electron chi connectivity index (χ4n) is 4.88. The lowest BCUT2D eigenvalue weighted by molar-refractivity contribution is -0.137. The van der Waals surface area contributed by atoms with Crippen molar-refractivity contribution in [1.82, 2.24) is 4.98 Å². The van der Waals surface area contributed by atoms with Gasteiger partial charge < -0.3 is 20.6 Å². The maximum absolute atomic E-state index is 12.2. The number of nitrogens with one attached hydrogen (secondary N) is 2. The number of hydrogen-bond acceptors (Lipinski definition) is 7. The van der Waals surface area contributed by atoms with Crippen molar-refractivity contribution in [2.45, 2.75) is 26.3 Å². The lowest BCUT2D eigenvalue weighted by atomic mass is 10.0. The second-order valence-electron chi connectivity index (χ2n) is 9.56. The predicted molar refractivity (Wildman–Crippen MR) is 161 cm³/mol. The molecule has 40 heavy (non-hydrogen) atoms. The van der Waals surface area contributed by atoms with E-state index in [2.05, 4.69) is 22.8 Å². The van der Waals surface area contributed by atoms with Crippen LogP contribution in [0.4, 0.5) is 22.9 Å². The zero-order valence-electron chi connectivity index (χ0n) is 22.3. The van der Waals surface area contributed by atoms with Gasteiger partial charge in [0.15, 0.2) is 0 Å². The summed E-state index contributed by atoms with van der Waals surface area (Å²) in [6.07, 6.45) is 0.136. The van der Waals surface area contributed by atoms with Gasteiger partial charge in [0.1, 0.15) is 23.2 Å². The highest BCUT2D eigenvalue weighted by Gasteiger charge is 2.29. The second kappa shape index (κ2) is 11.4. The van der Waals surface area contributed by atoms with E-state index in [-0.39, 0.29) is 17.8 Å². The van der Waals surface area contributed by atoms with Gasteiger partial charge in [0.2, 0.25) is 0 Å². The predicted octanol–water partition coefficient (Wildman–Crippen LogP) is 5.20. The van der Waals surface area contributed by atoms with Gasteiger partial charge in [0.05, 0.1) is 5.69 Å². The third kappa shape index (κ3) is 5.29. The number of carboxylic acid groups (broad SMARTS) is 1. The molecule has 0 aliphatic rings. The average molecular weight is 535 g/mol. The summed E-state index contributed by atoms with van der Waals surface area (Å²) in [6, 6.07) is 26.5. The molecule has 4 aromatic carbocycles. The molecule has 1 unspecified atom stereocenters. The molecule has 0 bridgehead atoms. The molecule has 0 spiro atoms. The Balaban J connectivity index is 1.36. The van der Waals surface area contributed by atoms with E-state index in [1.54, 1.807) is 4.90 Å². The average Bonchev–Trinajstić information content (AvgIpc) is 2.99. The Morgan fingerprint density at radius 1 is 0.900 bits per heavy atom. The number of hydrogen-bond donors (Lipinski definition) is 3. The minimum Gasteiger partial charge on any atom is -0.480 e. The van der Waals surface area contributed by atoms with Crippen LogP contribution in [0.25, 0.3) is 22.0 Å². The standard InChI is InChI=1S/C32H30N4O4/c1-3-36(4-2)28-27(29(37)30(28)38)34-26(32(39)40)18-20-14-16-23(17-15-20)33-31-24-13-9-8-12-22(24)19-25(35-31)21-10-6-5-7-11-21/h5-17,19,26,34H,3-4,18H2,1-2H3,(H,33,35)(H,39,40). The summed E-state index contributed by atoms with van der Waals surface area (Å²) in [5.74, 6) is -0.382. The minimum absolute atomic E-state index is 0.0793. The number of pyridine rings is 1. The van der Waals surface area contributed by atoms with Gasteiger partial charge in [-0.2, -0.15) is 0 Å². The van der Waals surface area contributed by atoms with E-state index in [9.17, 15) is 19.5 Å². The van der Waals surface area contributed by atoms with Gasteiger partial charge in [-0.3, -0.25) is 9.59 Å². The van der Waals surface area contributed by atoms with Gasteiger partial charge in [0, 0.05) is 36.1 Å². The topological polar surface area (TPSA) is 112 Å². The molecule has 0 amide bonds. The van der Waals surface area contributed by atoms with Crippen LogP contribution in [0.1, 0.15) is 19.4 Å². The lowest BCUT2D eigenvalue weighted by Gasteiger charge is -2.26. The number of aliphatic carboxylic acids is 1. The molecule has 0 aliphatic carbocycles. The van der Waals surface area contributed by atoms with Crippen molar-refractivity contribution >= 4 is 39.6 Å². The first-order valence-corrected chi connectivity index (χ1v) is 13.3. The number of benzene rings is 3. The smallest absolute Gasteiger partial charge is 0.326 e. The number of anilines is 4. The molecule has 0 radical (unpaired) electrons. The maximum atomic E-state index is 12.2. The zero-order valence-corrected chi connectivity index (χ0v) is 22.3. The lowest BCUT2D eigenvalue weighted by Crippen LogP contribution is -2.45. The quantitative estimate of drug-likeness (QED) is 0.198. The zero-order chi connectivity index (χ0) is 28.2. The molecule has 0 fully saturated rings. The first kappa shape index (κ1) is 26.6. The Hall–Kier alpha value is -4.98. The van der Waals surface area contributed by atoms with E-state index < -0.39 is 22.9 Å². The van der Waals surface area contributed by atoms with Gasteiger partial charge in [0.25, 0.3) is 10.9 Å². The van der Waals surface area contributed by atoms with E-state index in [4.69, 9.17) is 4.98 Å². The van der Waals surface area contributed by atoms with Crippen molar-refractivity contribution in [3.05, 3.63) is 111 Å². The molecule has 202 valence electrons. The van der Waals surface area contributed by atoms with Gasteiger partial charge in [-0.1, -0.05) is 66.7 Å². The maximum Gasteiger partial charge on any atom is 0.326 e. The molecule has 3 N–H and O–H groups in total. The van der Waals surface area contributed by atoms with E-state index in [1.165, 1.54) is 0 Å². The van der Waals surface area contributed by atoms with Crippen LogP contribution in [0.5, 0.6) is 0 Å². The van der Waals surface area contributed by atoms with Crippen LogP contribution in [-0.4, -0.2) is 35.2 Å². The van der Waals surface area contributed by atoms with Gasteiger partial charge in [-0.15, -0.1) is 0 Å². The Bertz CT molecular complexity index is 1720. The van der Waals surface area contributed by atoms with E-state index in [0.29, 0.717) is 13.1 Å². The van der Waals surface area contributed by atoms with Crippen molar-refractivity contribution in [1.29, 1.82) is 0 Å². The summed E-state index contributed by atoms with van der Waals surface area (Å²) in [5, 5.41) is 18.1. The summed E-state index contributed by atoms with van der Waals surface area (Å²) in [6.45, 7) is 4.84. The summed E-state index contributed by atoms with van der Waals surface area (Å²) in [4.78, 5) is 43.1. The van der Waals surface area contributed by atoms with E-state index in [0.717, 1.165) is 39.1 Å². The highest BCUT2D eigenvalue weighted by Crippen LogP contribution is 2.30. The molecule has 8 heteroatoms. The molecular formula is C32H30N4O4. The largest absolute Gasteiger partial charge is 0.480 e. The SMILES string of the molecule is CCN(CC)c1c(NC(Cc2ccc(Nc3nc(-c4ccccc4)cc4ccccc34)cc2)C(=O)O)c(=O)c1=O.